The van der Waals surface area contributed by atoms with Crippen LogP contribution in [0.2, 0.25) is 10.0 Å². The smallest absolute Gasteiger partial charge is 0.339 e. The largest absolute Gasteiger partial charge is 0.478 e. The molecule has 0 saturated heterocycles. The number of carboxylic acid groups (broad SMARTS) is 2. The number of aryl methyl sites for hydroxylation is 2. The first-order chi connectivity index (χ1) is 25.6. The van der Waals surface area contributed by atoms with Gasteiger partial charge in [0.05, 0.1) is 0 Å². The van der Waals surface area contributed by atoms with E-state index < -0.39 is 11.9 Å². The molecular weight excluding hydrogens is 751 g/mol. The summed E-state index contributed by atoms with van der Waals surface area (Å²) in [6, 6.07) is 33.5. The molecule has 12 heteroatoms. The fraction of sp³-hybridized carbons (Fsp3) is 0.122. The predicted molar refractivity (Wildman–Crippen MR) is 215 cm³/mol. The van der Waals surface area contributed by atoms with E-state index >= 15 is 0 Å². The number of halogens is 2. The van der Waals surface area contributed by atoms with Crippen molar-refractivity contribution in [2.24, 2.45) is 0 Å². The molecule has 0 fully saturated rings. The molecule has 0 aliphatic heterocycles. The molecule has 6 aromatic rings. The molecule has 0 saturated carbocycles. The standard InChI is InChI=1S/C21H18ClNO3S.C20H16ClNO3S/c22-16-11-9-15(10-12-16)17-13-27-20(19(17)21(25)26)23-18(24)8-4-7-14-5-2-1-3-6-14;21-15-9-7-14(8-10-15)16-12-26-19(18(16)20(24)25)22-17(23)11-6-13-4-2-1-3-5-13/h1-3,5-6,9-13H,4,7-8H2,(H,23,24)(H,25,26);1-5,7-10,12H,6,11H2,(H,22,23)(H,24,25). The van der Waals surface area contributed by atoms with Crippen LogP contribution in [0.25, 0.3) is 22.3 Å². The molecule has 0 atom stereocenters. The van der Waals surface area contributed by atoms with E-state index in [1.165, 1.54) is 28.2 Å². The fourth-order valence-corrected chi connectivity index (χ4v) is 7.59. The lowest BCUT2D eigenvalue weighted by molar-refractivity contribution is -0.117. The minimum atomic E-state index is -1.07. The third-order valence-corrected chi connectivity index (χ3v) is 10.3. The van der Waals surface area contributed by atoms with Crippen LogP contribution < -0.4 is 10.6 Å². The first kappa shape index (κ1) is 39.0. The van der Waals surface area contributed by atoms with Gasteiger partial charge in [-0.15, -0.1) is 22.7 Å². The van der Waals surface area contributed by atoms with Crippen molar-refractivity contribution in [3.8, 4) is 22.3 Å². The van der Waals surface area contributed by atoms with Crippen molar-refractivity contribution in [3.63, 3.8) is 0 Å². The SMILES string of the molecule is O=C(CCCc1ccccc1)Nc1scc(-c2ccc(Cl)cc2)c1C(=O)O.O=C(CCc1ccccc1)Nc1scc(-c2ccc(Cl)cc2)c1C(=O)O. The van der Waals surface area contributed by atoms with Gasteiger partial charge in [-0.05, 0) is 65.8 Å². The van der Waals surface area contributed by atoms with Crippen LogP contribution in [0.15, 0.2) is 120 Å². The second kappa shape index (κ2) is 19.0. The second-order valence-corrected chi connectivity index (χ2v) is 14.4. The van der Waals surface area contributed by atoms with Crippen LogP contribution in [0, 0.1) is 0 Å². The van der Waals surface area contributed by atoms with E-state index in [9.17, 15) is 29.4 Å². The number of hydrogen-bond donors (Lipinski definition) is 4. The molecule has 0 unspecified atom stereocenters. The van der Waals surface area contributed by atoms with E-state index in [4.69, 9.17) is 23.2 Å². The van der Waals surface area contributed by atoms with Gasteiger partial charge >= 0.3 is 11.9 Å². The van der Waals surface area contributed by atoms with Crippen molar-refractivity contribution >= 4 is 79.6 Å². The molecule has 270 valence electrons. The first-order valence-electron chi connectivity index (χ1n) is 16.5. The van der Waals surface area contributed by atoms with E-state index in [1.54, 1.807) is 59.3 Å². The zero-order chi connectivity index (χ0) is 37.7. The maximum atomic E-state index is 12.3. The molecule has 0 radical (unpaired) electrons. The van der Waals surface area contributed by atoms with Crippen LogP contribution in [-0.2, 0) is 22.4 Å². The molecule has 0 aliphatic rings. The molecule has 2 amide bonds. The van der Waals surface area contributed by atoms with E-state index in [0.717, 1.165) is 23.1 Å². The van der Waals surface area contributed by atoms with Gasteiger partial charge in [-0.1, -0.05) is 108 Å². The summed E-state index contributed by atoms with van der Waals surface area (Å²) in [6.07, 6.45) is 2.73. The maximum Gasteiger partial charge on any atom is 0.339 e. The Balaban J connectivity index is 0.000000204. The van der Waals surface area contributed by atoms with Crippen molar-refractivity contribution in [1.29, 1.82) is 0 Å². The van der Waals surface area contributed by atoms with Gasteiger partial charge in [0, 0.05) is 44.8 Å². The Morgan fingerprint density at radius 3 is 1.34 bits per heavy atom. The number of nitrogens with one attached hydrogen (secondary N) is 2. The molecule has 2 heterocycles. The molecule has 4 N–H and O–H groups in total. The average molecular weight is 786 g/mol. The van der Waals surface area contributed by atoms with Gasteiger partial charge < -0.3 is 20.8 Å². The monoisotopic (exact) mass is 784 g/mol. The second-order valence-electron chi connectivity index (χ2n) is 11.8. The highest BCUT2D eigenvalue weighted by molar-refractivity contribution is 7.15. The van der Waals surface area contributed by atoms with Crippen LogP contribution in [0.1, 0.15) is 51.1 Å². The van der Waals surface area contributed by atoms with Crippen LogP contribution in [0.4, 0.5) is 10.0 Å². The number of hydrogen-bond acceptors (Lipinski definition) is 6. The van der Waals surface area contributed by atoms with Crippen LogP contribution in [-0.4, -0.2) is 34.0 Å². The lowest BCUT2D eigenvalue weighted by Crippen LogP contribution is -2.14. The number of carbonyl (C=O) groups excluding carboxylic acids is 2. The number of rotatable bonds is 13. The van der Waals surface area contributed by atoms with E-state index in [2.05, 4.69) is 10.6 Å². The highest BCUT2D eigenvalue weighted by atomic mass is 35.5. The van der Waals surface area contributed by atoms with Gasteiger partial charge in [0.25, 0.3) is 0 Å². The van der Waals surface area contributed by atoms with Gasteiger partial charge in [0.2, 0.25) is 11.8 Å². The van der Waals surface area contributed by atoms with E-state index in [1.807, 2.05) is 60.7 Å². The lowest BCUT2D eigenvalue weighted by atomic mass is 10.0. The predicted octanol–water partition coefficient (Wildman–Crippen LogP) is 11.1. The maximum absolute atomic E-state index is 12.3. The first-order valence-corrected chi connectivity index (χ1v) is 19.0. The number of amides is 2. The molecular formula is C41H34Cl2N2O6S2. The molecule has 53 heavy (non-hydrogen) atoms. The van der Waals surface area contributed by atoms with Crippen molar-refractivity contribution in [2.75, 3.05) is 10.6 Å². The lowest BCUT2D eigenvalue weighted by Gasteiger charge is -2.06. The Morgan fingerprint density at radius 2 is 0.925 bits per heavy atom. The summed E-state index contributed by atoms with van der Waals surface area (Å²) in [5.41, 5.74) is 5.09. The summed E-state index contributed by atoms with van der Waals surface area (Å²) in [6.45, 7) is 0. The normalized spacial score (nSPS) is 10.5. The average Bonchev–Trinajstić information content (AvgIpc) is 3.77. The van der Waals surface area contributed by atoms with Crippen molar-refractivity contribution < 1.29 is 29.4 Å². The summed E-state index contributed by atoms with van der Waals surface area (Å²) in [5.74, 6) is -2.53. The number of benzene rings is 4. The third kappa shape index (κ3) is 11.1. The molecule has 6 rings (SSSR count). The van der Waals surface area contributed by atoms with Gasteiger partial charge in [0.15, 0.2) is 0 Å². The number of aromatic carboxylic acids is 2. The molecule has 0 bridgehead atoms. The minimum absolute atomic E-state index is 0.102. The van der Waals surface area contributed by atoms with Crippen LogP contribution in [0.3, 0.4) is 0 Å². The summed E-state index contributed by atoms with van der Waals surface area (Å²) in [7, 11) is 0. The van der Waals surface area contributed by atoms with Crippen molar-refractivity contribution in [1.82, 2.24) is 0 Å². The fourth-order valence-electron chi connectivity index (χ4n) is 5.39. The van der Waals surface area contributed by atoms with Crippen LogP contribution in [0.5, 0.6) is 0 Å². The number of carboxylic acids is 2. The number of anilines is 2. The minimum Gasteiger partial charge on any atom is -0.478 e. The quantitative estimate of drug-likeness (QED) is 0.0921. The van der Waals surface area contributed by atoms with Crippen molar-refractivity contribution in [2.45, 2.75) is 32.1 Å². The van der Waals surface area contributed by atoms with Gasteiger partial charge in [-0.3, -0.25) is 9.59 Å². The van der Waals surface area contributed by atoms with Crippen molar-refractivity contribution in [3.05, 3.63) is 152 Å². The molecule has 0 aliphatic carbocycles. The Kier molecular flexibility index (Phi) is 14.0. The molecule has 4 aromatic carbocycles. The number of carbonyl (C=O) groups is 4. The Bertz CT molecular complexity index is 2170. The third-order valence-electron chi connectivity index (χ3n) is 8.02. The highest BCUT2D eigenvalue weighted by Crippen LogP contribution is 2.37. The van der Waals surface area contributed by atoms with Gasteiger partial charge in [0.1, 0.15) is 21.1 Å². The summed E-state index contributed by atoms with van der Waals surface area (Å²) >= 11 is 14.2. The van der Waals surface area contributed by atoms with E-state index in [-0.39, 0.29) is 29.4 Å². The summed E-state index contributed by atoms with van der Waals surface area (Å²) < 4.78 is 0. The Morgan fingerprint density at radius 1 is 0.528 bits per heavy atom. The van der Waals surface area contributed by atoms with E-state index in [0.29, 0.717) is 50.4 Å². The summed E-state index contributed by atoms with van der Waals surface area (Å²) in [4.78, 5) is 48.0. The van der Waals surface area contributed by atoms with Crippen LogP contribution >= 0.6 is 45.9 Å². The summed E-state index contributed by atoms with van der Waals surface area (Å²) in [5, 5.41) is 30.1. The zero-order valence-electron chi connectivity index (χ0n) is 28.2. The van der Waals surface area contributed by atoms with Gasteiger partial charge in [-0.2, -0.15) is 0 Å². The zero-order valence-corrected chi connectivity index (χ0v) is 31.3. The number of thiophene rings is 2. The highest BCUT2D eigenvalue weighted by Gasteiger charge is 2.22. The molecule has 0 spiro atoms. The molecule has 8 nitrogen and oxygen atoms in total. The Labute approximate surface area is 324 Å². The topological polar surface area (TPSA) is 133 Å². The Hall–Kier alpha value is -5.26. The van der Waals surface area contributed by atoms with Gasteiger partial charge in [-0.25, -0.2) is 9.59 Å². The molecule has 2 aromatic heterocycles.